The van der Waals surface area contributed by atoms with Crippen molar-refractivity contribution in [1.29, 1.82) is 0 Å². The minimum atomic E-state index is -3.19. The van der Waals surface area contributed by atoms with Gasteiger partial charge in [-0.15, -0.1) is 11.3 Å². The zero-order valence-corrected chi connectivity index (χ0v) is 13.8. The van der Waals surface area contributed by atoms with Crippen LogP contribution in [0, 0.1) is 0 Å². The van der Waals surface area contributed by atoms with E-state index in [-0.39, 0.29) is 18.1 Å². The molecule has 2 rings (SSSR count). The Kier molecular flexibility index (Phi) is 5.23. The predicted octanol–water partition coefficient (Wildman–Crippen LogP) is 1.53. The molecule has 1 saturated heterocycles. The number of amides is 2. The van der Waals surface area contributed by atoms with Gasteiger partial charge in [-0.2, -0.15) is 0 Å². The van der Waals surface area contributed by atoms with Gasteiger partial charge in [0.1, 0.15) is 0 Å². The molecular formula is C13H21N3O3S2. The number of carbonyl (C=O) groups is 1. The van der Waals surface area contributed by atoms with Crippen LogP contribution in [0.25, 0.3) is 0 Å². The molecule has 118 valence electrons. The minimum Gasteiger partial charge on any atom is -0.334 e. The van der Waals surface area contributed by atoms with E-state index in [1.165, 1.54) is 10.6 Å². The van der Waals surface area contributed by atoms with Gasteiger partial charge in [-0.25, -0.2) is 17.5 Å². The van der Waals surface area contributed by atoms with Crippen LogP contribution in [-0.2, 0) is 10.0 Å². The molecule has 0 aliphatic carbocycles. The largest absolute Gasteiger partial charge is 0.334 e. The first-order valence-corrected chi connectivity index (χ1v) is 9.64. The van der Waals surface area contributed by atoms with Gasteiger partial charge in [-0.1, -0.05) is 6.07 Å². The number of nitrogens with zero attached hydrogens (tertiary/aromatic N) is 1. The number of rotatable bonds is 4. The number of nitrogens with one attached hydrogen (secondary N) is 2. The zero-order chi connectivity index (χ0) is 15.5. The van der Waals surface area contributed by atoms with Crippen molar-refractivity contribution >= 4 is 27.4 Å². The van der Waals surface area contributed by atoms with Crippen LogP contribution in [0.5, 0.6) is 0 Å². The summed E-state index contributed by atoms with van der Waals surface area (Å²) in [6.45, 7) is 2.80. The highest BCUT2D eigenvalue weighted by Gasteiger charge is 2.27. The van der Waals surface area contributed by atoms with Crippen molar-refractivity contribution in [3.05, 3.63) is 22.4 Å². The SMILES string of the molecule is CC(NC(=O)NC1CCCN(S(C)(=O)=O)C1)c1cccs1. The number of thiophene rings is 1. The lowest BCUT2D eigenvalue weighted by molar-refractivity contribution is 0.223. The van der Waals surface area contributed by atoms with Gasteiger partial charge in [0, 0.05) is 24.0 Å². The molecule has 2 amide bonds. The highest BCUT2D eigenvalue weighted by molar-refractivity contribution is 7.88. The van der Waals surface area contributed by atoms with E-state index in [2.05, 4.69) is 10.6 Å². The van der Waals surface area contributed by atoms with Crippen LogP contribution in [0.2, 0.25) is 0 Å². The lowest BCUT2D eigenvalue weighted by atomic mass is 10.1. The lowest BCUT2D eigenvalue weighted by Crippen LogP contribution is -2.51. The molecule has 0 bridgehead atoms. The third-order valence-electron chi connectivity index (χ3n) is 3.51. The average molecular weight is 331 g/mol. The Morgan fingerprint density at radius 1 is 1.52 bits per heavy atom. The van der Waals surface area contributed by atoms with E-state index >= 15 is 0 Å². The third-order valence-corrected chi connectivity index (χ3v) is 5.83. The van der Waals surface area contributed by atoms with Crippen LogP contribution in [0.15, 0.2) is 17.5 Å². The standard InChI is InChI=1S/C13H21N3O3S2/c1-10(12-6-4-8-20-12)14-13(17)15-11-5-3-7-16(9-11)21(2,18)19/h4,6,8,10-11H,3,5,7,9H2,1-2H3,(H2,14,15,17). The quantitative estimate of drug-likeness (QED) is 0.878. The normalized spacial score (nSPS) is 21.7. The van der Waals surface area contributed by atoms with E-state index in [0.29, 0.717) is 13.1 Å². The summed E-state index contributed by atoms with van der Waals surface area (Å²) in [5.41, 5.74) is 0. The molecular weight excluding hydrogens is 310 g/mol. The molecule has 2 unspecified atom stereocenters. The van der Waals surface area contributed by atoms with Crippen molar-refractivity contribution < 1.29 is 13.2 Å². The first-order valence-electron chi connectivity index (χ1n) is 6.92. The molecule has 1 aliphatic rings. The topological polar surface area (TPSA) is 78.5 Å². The van der Waals surface area contributed by atoms with Crippen molar-refractivity contribution in [1.82, 2.24) is 14.9 Å². The van der Waals surface area contributed by atoms with Gasteiger partial charge in [-0.3, -0.25) is 0 Å². The second kappa shape index (κ2) is 6.76. The van der Waals surface area contributed by atoms with Gasteiger partial charge in [-0.05, 0) is 31.2 Å². The molecule has 2 heterocycles. The smallest absolute Gasteiger partial charge is 0.315 e. The zero-order valence-electron chi connectivity index (χ0n) is 12.2. The Morgan fingerprint density at radius 3 is 2.90 bits per heavy atom. The number of urea groups is 1. The summed E-state index contributed by atoms with van der Waals surface area (Å²) < 4.78 is 24.5. The Morgan fingerprint density at radius 2 is 2.29 bits per heavy atom. The fourth-order valence-electron chi connectivity index (χ4n) is 2.39. The van der Waals surface area contributed by atoms with E-state index < -0.39 is 10.0 Å². The molecule has 1 aliphatic heterocycles. The van der Waals surface area contributed by atoms with Gasteiger partial charge in [0.25, 0.3) is 0 Å². The van der Waals surface area contributed by atoms with Crippen LogP contribution in [-0.4, -0.2) is 44.1 Å². The summed E-state index contributed by atoms with van der Waals surface area (Å²) in [5.74, 6) is 0. The van der Waals surface area contributed by atoms with Crippen LogP contribution >= 0.6 is 11.3 Å². The number of sulfonamides is 1. The second-order valence-corrected chi connectivity index (χ2v) is 8.28. The minimum absolute atomic E-state index is 0.0559. The third kappa shape index (κ3) is 4.69. The molecule has 2 atom stereocenters. The van der Waals surface area contributed by atoms with Crippen molar-refractivity contribution in [2.24, 2.45) is 0 Å². The van der Waals surface area contributed by atoms with Gasteiger partial charge >= 0.3 is 6.03 Å². The van der Waals surface area contributed by atoms with Crippen molar-refractivity contribution in [3.63, 3.8) is 0 Å². The van der Waals surface area contributed by atoms with Crippen molar-refractivity contribution in [2.75, 3.05) is 19.3 Å². The second-order valence-electron chi connectivity index (χ2n) is 5.32. The van der Waals surface area contributed by atoms with E-state index in [0.717, 1.165) is 17.7 Å². The maximum Gasteiger partial charge on any atom is 0.315 e. The summed E-state index contributed by atoms with van der Waals surface area (Å²) in [4.78, 5) is 13.1. The molecule has 1 aromatic rings. The fraction of sp³-hybridized carbons (Fsp3) is 0.615. The molecule has 0 spiro atoms. The highest BCUT2D eigenvalue weighted by atomic mass is 32.2. The van der Waals surface area contributed by atoms with Gasteiger partial charge in [0.2, 0.25) is 10.0 Å². The lowest BCUT2D eigenvalue weighted by Gasteiger charge is -2.31. The number of hydrogen-bond donors (Lipinski definition) is 2. The van der Waals surface area contributed by atoms with Crippen LogP contribution in [0.1, 0.15) is 30.7 Å². The van der Waals surface area contributed by atoms with Gasteiger partial charge in [0.15, 0.2) is 0 Å². The van der Waals surface area contributed by atoms with E-state index in [4.69, 9.17) is 0 Å². The van der Waals surface area contributed by atoms with E-state index in [1.54, 1.807) is 11.3 Å². The predicted molar refractivity (Wildman–Crippen MR) is 83.8 cm³/mol. The first kappa shape index (κ1) is 16.3. The van der Waals surface area contributed by atoms with Crippen LogP contribution in [0.3, 0.4) is 0 Å². The van der Waals surface area contributed by atoms with Crippen LogP contribution < -0.4 is 10.6 Å². The summed E-state index contributed by atoms with van der Waals surface area (Å²) >= 11 is 1.59. The van der Waals surface area contributed by atoms with Gasteiger partial charge < -0.3 is 10.6 Å². The Hall–Kier alpha value is -1.12. The number of hydrogen-bond acceptors (Lipinski definition) is 4. The molecule has 0 saturated carbocycles. The van der Waals surface area contributed by atoms with Gasteiger partial charge in [0.05, 0.1) is 12.3 Å². The molecule has 0 radical (unpaired) electrons. The average Bonchev–Trinajstić information content (AvgIpc) is 2.91. The van der Waals surface area contributed by atoms with Crippen molar-refractivity contribution in [2.45, 2.75) is 31.8 Å². The Bertz CT molecular complexity index is 571. The summed E-state index contributed by atoms with van der Waals surface area (Å²) in [7, 11) is -3.19. The summed E-state index contributed by atoms with van der Waals surface area (Å²) in [5, 5.41) is 7.71. The molecule has 1 fully saturated rings. The summed E-state index contributed by atoms with van der Waals surface area (Å²) in [6, 6.07) is 3.47. The molecule has 21 heavy (non-hydrogen) atoms. The van der Waals surface area contributed by atoms with Crippen molar-refractivity contribution in [3.8, 4) is 0 Å². The molecule has 1 aromatic heterocycles. The van der Waals surface area contributed by atoms with E-state index in [9.17, 15) is 13.2 Å². The maximum atomic E-state index is 12.0. The monoisotopic (exact) mass is 331 g/mol. The highest BCUT2D eigenvalue weighted by Crippen LogP contribution is 2.18. The Labute approximate surface area is 129 Å². The molecule has 0 aromatic carbocycles. The first-order chi connectivity index (χ1) is 9.86. The van der Waals surface area contributed by atoms with Crippen LogP contribution in [0.4, 0.5) is 4.79 Å². The summed E-state index contributed by atoms with van der Waals surface area (Å²) in [6.07, 6.45) is 2.76. The number of piperidine rings is 1. The maximum absolute atomic E-state index is 12.0. The molecule has 8 heteroatoms. The Balaban J connectivity index is 1.85. The molecule has 6 nitrogen and oxygen atoms in total. The van der Waals surface area contributed by atoms with E-state index in [1.807, 2.05) is 24.4 Å². The number of carbonyl (C=O) groups excluding carboxylic acids is 1. The molecule has 2 N–H and O–H groups in total. The fourth-order valence-corrected chi connectivity index (χ4v) is 4.04.